The lowest BCUT2D eigenvalue weighted by Gasteiger charge is -2.27. The van der Waals surface area contributed by atoms with Gasteiger partial charge in [0.1, 0.15) is 0 Å². The smallest absolute Gasteiger partial charge is 0.245 e. The number of hydroxylamine groups is 2. The fourth-order valence-electron chi connectivity index (χ4n) is 4.14. The Kier molecular flexibility index (Phi) is 10.3. The number of carbonyl (C=O) groups excluding carboxylic acids is 1. The Morgan fingerprint density at radius 2 is 1.92 bits per heavy atom. The summed E-state index contributed by atoms with van der Waals surface area (Å²) >= 11 is 2.10. The number of hydrogen-bond donors (Lipinski definition) is 1. The van der Waals surface area contributed by atoms with Gasteiger partial charge < -0.3 is 9.47 Å². The molecule has 4 unspecified atom stereocenters. The Bertz CT molecular complexity index is 407. The van der Waals surface area contributed by atoms with E-state index in [1.807, 2.05) is 0 Å². The van der Waals surface area contributed by atoms with E-state index in [4.69, 9.17) is 14.7 Å². The first kappa shape index (κ1) is 22.0. The Morgan fingerprint density at radius 1 is 1.15 bits per heavy atom. The fraction of sp³-hybridized carbons (Fsp3) is 0.950. The third-order valence-electron chi connectivity index (χ3n) is 5.68. The number of fused-ring (bicyclic) bond motifs is 2. The van der Waals surface area contributed by atoms with Gasteiger partial charge in [-0.1, -0.05) is 19.8 Å². The van der Waals surface area contributed by atoms with E-state index >= 15 is 0 Å². The molecule has 2 saturated heterocycles. The molecular formula is C20H37NO4S. The summed E-state index contributed by atoms with van der Waals surface area (Å²) in [6.07, 6.45) is 10.5. The molecule has 2 heterocycles. The molecule has 2 rings (SSSR count). The Hall–Kier alpha value is -0.300. The van der Waals surface area contributed by atoms with Crippen LogP contribution in [0.25, 0.3) is 0 Å². The largest absolute Gasteiger partial charge is 0.381 e. The lowest BCUT2D eigenvalue weighted by atomic mass is 9.78. The van der Waals surface area contributed by atoms with Crippen molar-refractivity contribution in [2.75, 3.05) is 31.8 Å². The van der Waals surface area contributed by atoms with Crippen LogP contribution in [0.15, 0.2) is 0 Å². The second kappa shape index (κ2) is 12.2. The molecule has 2 aliphatic rings. The van der Waals surface area contributed by atoms with Gasteiger partial charge in [0.05, 0.1) is 18.8 Å². The summed E-state index contributed by atoms with van der Waals surface area (Å²) in [5, 5.41) is 9.69. The summed E-state index contributed by atoms with van der Waals surface area (Å²) in [6.45, 7) is 3.74. The molecule has 5 nitrogen and oxygen atoms in total. The van der Waals surface area contributed by atoms with E-state index in [1.165, 1.54) is 57.1 Å². The van der Waals surface area contributed by atoms with Crippen LogP contribution in [-0.2, 0) is 14.3 Å². The molecule has 2 aliphatic heterocycles. The zero-order valence-electron chi connectivity index (χ0n) is 16.5. The number of nitrogens with zero attached hydrogens (tertiary/aromatic N) is 1. The van der Waals surface area contributed by atoms with Gasteiger partial charge in [0.25, 0.3) is 0 Å². The summed E-state index contributed by atoms with van der Waals surface area (Å²) in [6, 6.07) is 0. The number of hydrogen-bond acceptors (Lipinski definition) is 5. The number of thioether (sulfide) groups is 1. The van der Waals surface area contributed by atoms with Crippen LogP contribution in [0, 0.1) is 11.8 Å². The lowest BCUT2D eigenvalue weighted by Crippen LogP contribution is -2.31. The number of amides is 1. The average Bonchev–Trinajstić information content (AvgIpc) is 3.22. The van der Waals surface area contributed by atoms with Crippen molar-refractivity contribution in [2.24, 2.45) is 11.8 Å². The number of ether oxygens (including phenoxy) is 2. The molecule has 0 spiro atoms. The summed E-state index contributed by atoms with van der Waals surface area (Å²) < 4.78 is 12.1. The number of unbranched alkanes of at least 4 members (excludes halogenated alkanes) is 3. The number of carbonyl (C=O) groups is 1. The van der Waals surface area contributed by atoms with Crippen molar-refractivity contribution < 1.29 is 19.5 Å². The van der Waals surface area contributed by atoms with Gasteiger partial charge in [-0.15, -0.1) is 0 Å². The minimum Gasteiger partial charge on any atom is -0.381 e. The van der Waals surface area contributed by atoms with Gasteiger partial charge in [-0.2, -0.15) is 11.8 Å². The highest BCUT2D eigenvalue weighted by Crippen LogP contribution is 2.45. The van der Waals surface area contributed by atoms with Gasteiger partial charge in [0.15, 0.2) is 0 Å². The van der Waals surface area contributed by atoms with Crippen molar-refractivity contribution in [2.45, 2.75) is 76.9 Å². The highest BCUT2D eigenvalue weighted by molar-refractivity contribution is 7.99. The van der Waals surface area contributed by atoms with Gasteiger partial charge in [-0.25, -0.2) is 5.06 Å². The summed E-state index contributed by atoms with van der Waals surface area (Å²) in [5.41, 5.74) is 0. The van der Waals surface area contributed by atoms with Crippen LogP contribution < -0.4 is 0 Å². The lowest BCUT2D eigenvalue weighted by molar-refractivity contribution is -0.159. The van der Waals surface area contributed by atoms with Gasteiger partial charge >= 0.3 is 0 Å². The molecule has 152 valence electrons. The van der Waals surface area contributed by atoms with E-state index in [-0.39, 0.29) is 5.91 Å². The molecule has 6 heteroatoms. The van der Waals surface area contributed by atoms with E-state index in [1.54, 1.807) is 0 Å². The molecule has 1 N–H and O–H groups in total. The zero-order chi connectivity index (χ0) is 18.8. The second-order valence-electron chi connectivity index (χ2n) is 7.68. The monoisotopic (exact) mass is 387 g/mol. The van der Waals surface area contributed by atoms with E-state index in [9.17, 15) is 4.79 Å². The highest BCUT2D eigenvalue weighted by atomic mass is 32.2. The molecule has 0 aromatic carbocycles. The van der Waals surface area contributed by atoms with Crippen molar-refractivity contribution in [3.63, 3.8) is 0 Å². The first-order valence-electron chi connectivity index (χ1n) is 10.4. The van der Waals surface area contributed by atoms with Crippen LogP contribution in [0.4, 0.5) is 0 Å². The van der Waals surface area contributed by atoms with E-state index < -0.39 is 0 Å². The Labute approximate surface area is 163 Å². The van der Waals surface area contributed by atoms with Crippen LogP contribution in [0.2, 0.25) is 0 Å². The summed E-state index contributed by atoms with van der Waals surface area (Å²) in [5.74, 6) is 3.52. The molecule has 26 heavy (non-hydrogen) atoms. The van der Waals surface area contributed by atoms with Crippen molar-refractivity contribution >= 4 is 17.7 Å². The van der Waals surface area contributed by atoms with Gasteiger partial charge in [-0.05, 0) is 55.9 Å². The zero-order valence-corrected chi connectivity index (χ0v) is 17.3. The van der Waals surface area contributed by atoms with Crippen molar-refractivity contribution in [3.05, 3.63) is 0 Å². The topological polar surface area (TPSA) is 59.0 Å². The third-order valence-corrected chi connectivity index (χ3v) is 6.78. The van der Waals surface area contributed by atoms with Crippen LogP contribution in [-0.4, -0.2) is 60.2 Å². The first-order valence-corrected chi connectivity index (χ1v) is 11.5. The van der Waals surface area contributed by atoms with Crippen LogP contribution in [0.1, 0.15) is 64.7 Å². The molecule has 1 amide bonds. The Balaban J connectivity index is 1.58. The molecular weight excluding hydrogens is 350 g/mol. The van der Waals surface area contributed by atoms with Crippen molar-refractivity contribution in [1.82, 2.24) is 5.06 Å². The summed E-state index contributed by atoms with van der Waals surface area (Å²) in [4.78, 5) is 11.3. The molecule has 0 radical (unpaired) electrons. The predicted octanol–water partition coefficient (Wildman–Crippen LogP) is 4.13. The van der Waals surface area contributed by atoms with Crippen LogP contribution in [0.5, 0.6) is 0 Å². The third kappa shape index (κ3) is 7.02. The molecule has 2 bridgehead atoms. The second-order valence-corrected chi connectivity index (χ2v) is 8.90. The first-order chi connectivity index (χ1) is 12.6. The molecule has 4 atom stereocenters. The number of rotatable bonds is 14. The maximum Gasteiger partial charge on any atom is 0.245 e. The SMILES string of the molecule is CCCCCSCCC1C2CCC(O2)C1COCCCCC(=O)N(C)O. The normalized spacial score (nSPS) is 27.2. The molecule has 0 aromatic heterocycles. The molecule has 0 aromatic rings. The van der Waals surface area contributed by atoms with Gasteiger partial charge in [0, 0.05) is 26.0 Å². The van der Waals surface area contributed by atoms with Gasteiger partial charge in [-0.3, -0.25) is 10.0 Å². The molecule has 0 saturated carbocycles. The standard InChI is InChI=1S/C20H37NO4S/c1-3-4-7-13-26-14-11-16-17(19-10-9-18(16)25-19)15-24-12-6-5-8-20(22)21(2)23/h16-19,23H,3-15H2,1-2H3. The van der Waals surface area contributed by atoms with Crippen molar-refractivity contribution in [3.8, 4) is 0 Å². The summed E-state index contributed by atoms with van der Waals surface area (Å²) in [7, 11) is 1.37. The highest BCUT2D eigenvalue weighted by Gasteiger charge is 2.48. The average molecular weight is 388 g/mol. The maximum atomic E-state index is 11.3. The van der Waals surface area contributed by atoms with E-state index in [2.05, 4.69) is 18.7 Å². The minimum atomic E-state index is -0.233. The molecule has 2 fully saturated rings. The Morgan fingerprint density at radius 3 is 2.65 bits per heavy atom. The minimum absolute atomic E-state index is 0.233. The van der Waals surface area contributed by atoms with Crippen molar-refractivity contribution in [1.29, 1.82) is 0 Å². The predicted molar refractivity (Wildman–Crippen MR) is 106 cm³/mol. The van der Waals surface area contributed by atoms with Crippen LogP contribution >= 0.6 is 11.8 Å². The molecule has 0 aliphatic carbocycles. The fourth-order valence-corrected chi connectivity index (χ4v) is 5.19. The maximum absolute atomic E-state index is 11.3. The quantitative estimate of drug-likeness (QED) is 0.276. The van der Waals surface area contributed by atoms with E-state index in [0.29, 0.717) is 42.1 Å². The van der Waals surface area contributed by atoms with Crippen LogP contribution in [0.3, 0.4) is 0 Å². The van der Waals surface area contributed by atoms with Gasteiger partial charge in [0.2, 0.25) is 5.91 Å². The van der Waals surface area contributed by atoms with E-state index in [0.717, 1.165) is 19.4 Å².